The molecule has 2 aliphatic rings. The highest BCUT2D eigenvalue weighted by Gasteiger charge is 2.47. The van der Waals surface area contributed by atoms with Gasteiger partial charge in [0.15, 0.2) is 5.79 Å². The zero-order chi connectivity index (χ0) is 19.0. The molecule has 2 atom stereocenters. The number of hydrogen-bond acceptors (Lipinski definition) is 6. The van der Waals surface area contributed by atoms with E-state index in [1.165, 1.54) is 0 Å². The number of pyridine rings is 2. The molecule has 4 rings (SSSR count). The molecule has 0 amide bonds. The first-order valence-corrected chi connectivity index (χ1v) is 9.77. The Morgan fingerprint density at radius 1 is 1.15 bits per heavy atom. The summed E-state index contributed by atoms with van der Waals surface area (Å²) in [5.41, 5.74) is 2.63. The van der Waals surface area contributed by atoms with E-state index in [9.17, 15) is 5.11 Å². The molecule has 2 fully saturated rings. The Balaban J connectivity index is 1.69. The van der Waals surface area contributed by atoms with Gasteiger partial charge in [-0.15, -0.1) is 0 Å². The van der Waals surface area contributed by atoms with Crippen LogP contribution in [0.4, 0.5) is 0 Å². The second kappa shape index (κ2) is 7.34. The van der Waals surface area contributed by atoms with Crippen molar-refractivity contribution in [3.8, 4) is 5.88 Å². The predicted molar refractivity (Wildman–Crippen MR) is 101 cm³/mol. The van der Waals surface area contributed by atoms with Gasteiger partial charge in [0, 0.05) is 24.4 Å². The lowest BCUT2D eigenvalue weighted by Crippen LogP contribution is -2.31. The number of nitrogens with zero attached hydrogens (tertiary/aromatic N) is 2. The third-order valence-electron chi connectivity index (χ3n) is 5.85. The molecule has 0 unspecified atom stereocenters. The first kappa shape index (κ1) is 18.6. The molecule has 146 valence electrons. The van der Waals surface area contributed by atoms with Crippen LogP contribution in [-0.2, 0) is 9.47 Å². The number of ether oxygens (including phenoxy) is 3. The first-order chi connectivity index (χ1) is 13.0. The van der Waals surface area contributed by atoms with E-state index in [1.54, 1.807) is 13.3 Å². The highest BCUT2D eigenvalue weighted by atomic mass is 16.8. The number of aliphatic hydroxyl groups excluding tert-OH is 1. The molecule has 0 bridgehead atoms. The van der Waals surface area contributed by atoms with Gasteiger partial charge >= 0.3 is 0 Å². The number of hydrogen-bond donors (Lipinski definition) is 1. The molecule has 6 nitrogen and oxygen atoms in total. The van der Waals surface area contributed by atoms with Crippen molar-refractivity contribution in [1.29, 1.82) is 0 Å². The molecule has 1 aliphatic carbocycles. The number of methoxy groups -OCH3 is 1. The molecular formula is C21H28N2O4. The van der Waals surface area contributed by atoms with Gasteiger partial charge in [-0.2, -0.15) is 0 Å². The average molecular weight is 372 g/mol. The van der Waals surface area contributed by atoms with E-state index < -0.39 is 5.79 Å². The number of aliphatic hydroxyl groups is 1. The molecule has 1 saturated carbocycles. The van der Waals surface area contributed by atoms with Crippen LogP contribution in [0, 0.1) is 11.8 Å². The molecule has 2 aromatic rings. The van der Waals surface area contributed by atoms with Crippen molar-refractivity contribution >= 4 is 11.0 Å². The van der Waals surface area contributed by atoms with Crippen molar-refractivity contribution < 1.29 is 19.3 Å². The lowest BCUT2D eigenvalue weighted by Gasteiger charge is -2.33. The Kier molecular flexibility index (Phi) is 5.05. The number of rotatable bonds is 4. The summed E-state index contributed by atoms with van der Waals surface area (Å²) in [6.07, 6.45) is 5.76. The Morgan fingerprint density at radius 2 is 1.93 bits per heavy atom. The third-order valence-corrected chi connectivity index (χ3v) is 5.85. The van der Waals surface area contributed by atoms with E-state index in [0.29, 0.717) is 17.7 Å². The monoisotopic (exact) mass is 372 g/mol. The minimum Gasteiger partial charge on any atom is -0.481 e. The van der Waals surface area contributed by atoms with Crippen LogP contribution >= 0.6 is 0 Å². The van der Waals surface area contributed by atoms with E-state index in [4.69, 9.17) is 14.2 Å². The summed E-state index contributed by atoms with van der Waals surface area (Å²) in [6.45, 7) is 4.22. The lowest BCUT2D eigenvalue weighted by atomic mass is 9.77. The van der Waals surface area contributed by atoms with Crippen molar-refractivity contribution in [2.24, 2.45) is 11.8 Å². The van der Waals surface area contributed by atoms with Gasteiger partial charge in [0.25, 0.3) is 0 Å². The van der Waals surface area contributed by atoms with E-state index in [0.717, 1.165) is 42.3 Å². The van der Waals surface area contributed by atoms with Crippen LogP contribution in [0.15, 0.2) is 24.4 Å². The van der Waals surface area contributed by atoms with E-state index in [2.05, 4.69) is 9.97 Å². The molecule has 2 aromatic heterocycles. The molecule has 6 heteroatoms. The van der Waals surface area contributed by atoms with Crippen molar-refractivity contribution in [3.05, 3.63) is 30.0 Å². The molecule has 1 aliphatic heterocycles. The van der Waals surface area contributed by atoms with Crippen molar-refractivity contribution in [3.63, 3.8) is 0 Å². The van der Waals surface area contributed by atoms with E-state index >= 15 is 0 Å². The third kappa shape index (κ3) is 3.66. The van der Waals surface area contributed by atoms with Gasteiger partial charge in [0.1, 0.15) is 6.10 Å². The summed E-state index contributed by atoms with van der Waals surface area (Å²) in [4.78, 5) is 9.08. The van der Waals surface area contributed by atoms with Crippen LogP contribution in [-0.4, -0.2) is 40.7 Å². The van der Waals surface area contributed by atoms with Gasteiger partial charge in [-0.05, 0) is 63.5 Å². The summed E-state index contributed by atoms with van der Waals surface area (Å²) in [7, 11) is 1.62. The minimum absolute atomic E-state index is 0.0294. The highest BCUT2D eigenvalue weighted by Crippen LogP contribution is 2.46. The van der Waals surface area contributed by atoms with Crippen LogP contribution in [0.3, 0.4) is 0 Å². The van der Waals surface area contributed by atoms with E-state index in [1.807, 2.05) is 32.0 Å². The molecule has 0 radical (unpaired) electrons. The summed E-state index contributed by atoms with van der Waals surface area (Å²) in [5, 5.41) is 9.44. The fourth-order valence-electron chi connectivity index (χ4n) is 4.44. The maximum absolute atomic E-state index is 9.44. The maximum Gasteiger partial charge on any atom is 0.213 e. The molecule has 0 aromatic carbocycles. The standard InChI is InChI=1S/C21H28N2O4/c1-21(2)26-19(14-6-4-13(12-24)5-7-14)20(27-21)15-10-11-22-16-8-9-17(25-3)23-18(15)16/h8-11,13-14,19-20,24H,4-7,12H2,1-3H3/t13?,14?,19-,20-/m1/s1. The fraction of sp³-hybridized carbons (Fsp3) is 0.619. The molecular weight excluding hydrogens is 344 g/mol. The predicted octanol–water partition coefficient (Wildman–Crippen LogP) is 3.63. The molecule has 1 saturated heterocycles. The van der Waals surface area contributed by atoms with Gasteiger partial charge in [0.2, 0.25) is 5.88 Å². The molecule has 1 N–H and O–H groups in total. The van der Waals surface area contributed by atoms with Crippen molar-refractivity contribution in [2.75, 3.05) is 13.7 Å². The Bertz CT molecular complexity index is 802. The van der Waals surface area contributed by atoms with Crippen LogP contribution in [0.5, 0.6) is 5.88 Å². The quantitative estimate of drug-likeness (QED) is 0.883. The smallest absolute Gasteiger partial charge is 0.213 e. The highest BCUT2D eigenvalue weighted by molar-refractivity contribution is 5.78. The second-order valence-electron chi connectivity index (χ2n) is 8.11. The van der Waals surface area contributed by atoms with Crippen LogP contribution in [0.2, 0.25) is 0 Å². The van der Waals surface area contributed by atoms with Gasteiger partial charge in [-0.1, -0.05) is 0 Å². The largest absolute Gasteiger partial charge is 0.481 e. The number of fused-ring (bicyclic) bond motifs is 1. The van der Waals surface area contributed by atoms with Gasteiger partial charge in [-0.25, -0.2) is 4.98 Å². The minimum atomic E-state index is -0.641. The molecule has 27 heavy (non-hydrogen) atoms. The molecule has 3 heterocycles. The summed E-state index contributed by atoms with van der Waals surface area (Å²) in [5.74, 6) is 0.753. The summed E-state index contributed by atoms with van der Waals surface area (Å²) < 4.78 is 18.0. The van der Waals surface area contributed by atoms with Gasteiger partial charge in [0.05, 0.1) is 24.2 Å². The van der Waals surface area contributed by atoms with Crippen molar-refractivity contribution in [2.45, 2.75) is 57.5 Å². The molecule has 0 spiro atoms. The average Bonchev–Trinajstić information content (AvgIpc) is 3.02. The second-order valence-corrected chi connectivity index (χ2v) is 8.11. The number of aromatic nitrogens is 2. The zero-order valence-corrected chi connectivity index (χ0v) is 16.2. The fourth-order valence-corrected chi connectivity index (χ4v) is 4.44. The van der Waals surface area contributed by atoms with Crippen LogP contribution in [0.25, 0.3) is 11.0 Å². The van der Waals surface area contributed by atoms with Crippen LogP contribution < -0.4 is 4.74 Å². The van der Waals surface area contributed by atoms with Gasteiger partial charge in [-0.3, -0.25) is 4.98 Å². The lowest BCUT2D eigenvalue weighted by molar-refractivity contribution is -0.152. The zero-order valence-electron chi connectivity index (χ0n) is 16.2. The summed E-state index contributed by atoms with van der Waals surface area (Å²) in [6, 6.07) is 5.73. The Hall–Kier alpha value is -1.76. The summed E-state index contributed by atoms with van der Waals surface area (Å²) >= 11 is 0. The van der Waals surface area contributed by atoms with Crippen LogP contribution in [0.1, 0.15) is 51.2 Å². The SMILES string of the molecule is COc1ccc2nccc([C@H]3OC(C)(C)O[C@@H]3C3CCC(CO)CC3)c2n1. The first-order valence-electron chi connectivity index (χ1n) is 9.77. The van der Waals surface area contributed by atoms with Crippen molar-refractivity contribution in [1.82, 2.24) is 9.97 Å². The van der Waals surface area contributed by atoms with Gasteiger partial charge < -0.3 is 19.3 Å². The normalized spacial score (nSPS) is 30.5. The topological polar surface area (TPSA) is 73.7 Å². The Morgan fingerprint density at radius 3 is 2.63 bits per heavy atom. The Labute approximate surface area is 159 Å². The van der Waals surface area contributed by atoms with E-state index in [-0.39, 0.29) is 18.8 Å². The maximum atomic E-state index is 9.44.